The summed E-state index contributed by atoms with van der Waals surface area (Å²) >= 11 is 0. The van der Waals surface area contributed by atoms with Gasteiger partial charge in [-0.3, -0.25) is 0 Å². The second kappa shape index (κ2) is 8.06. The van der Waals surface area contributed by atoms with Gasteiger partial charge in [0.15, 0.2) is 0 Å². The fraction of sp³-hybridized carbons (Fsp3) is 1.00. The van der Waals surface area contributed by atoms with Crippen molar-refractivity contribution in [2.24, 2.45) is 5.92 Å². The van der Waals surface area contributed by atoms with Gasteiger partial charge in [-0.2, -0.15) is 0 Å². The van der Waals surface area contributed by atoms with E-state index in [1.54, 1.807) is 0 Å². The van der Waals surface area contributed by atoms with Gasteiger partial charge in [-0.15, -0.1) is 0 Å². The maximum absolute atomic E-state index is 11.8. The van der Waals surface area contributed by atoms with E-state index >= 15 is 0 Å². The predicted octanol–water partition coefficient (Wildman–Crippen LogP) is 1.73. The average molecular weight is 264 g/mol. The van der Waals surface area contributed by atoms with Gasteiger partial charge >= 0.3 is 0 Å². The van der Waals surface area contributed by atoms with Crippen LogP contribution in [0.2, 0.25) is 0 Å². The predicted molar refractivity (Wildman–Crippen MR) is 73.6 cm³/mol. The highest BCUT2D eigenvalue weighted by Crippen LogP contribution is 2.07. The van der Waals surface area contributed by atoms with E-state index in [9.17, 15) is 8.42 Å². The summed E-state index contributed by atoms with van der Waals surface area (Å²) in [6.07, 6.45) is 1.49. The van der Waals surface area contributed by atoms with Crippen molar-refractivity contribution in [3.8, 4) is 0 Å². The summed E-state index contributed by atoms with van der Waals surface area (Å²) in [7, 11) is -3.13. The van der Waals surface area contributed by atoms with Crippen LogP contribution in [0.1, 0.15) is 47.5 Å². The quantitative estimate of drug-likeness (QED) is 0.624. The molecule has 0 aromatic rings. The van der Waals surface area contributed by atoms with Crippen molar-refractivity contribution in [1.29, 1.82) is 0 Å². The fourth-order valence-electron chi connectivity index (χ4n) is 1.63. The van der Waals surface area contributed by atoms with Crippen molar-refractivity contribution < 1.29 is 8.42 Å². The number of sulfonamides is 1. The molecule has 1 unspecified atom stereocenters. The van der Waals surface area contributed by atoms with Crippen molar-refractivity contribution >= 4 is 10.0 Å². The lowest BCUT2D eigenvalue weighted by molar-refractivity contribution is 0.436. The largest absolute Gasteiger partial charge is 0.314 e. The first-order valence-corrected chi connectivity index (χ1v) is 8.17. The van der Waals surface area contributed by atoms with Crippen molar-refractivity contribution in [2.75, 3.05) is 12.3 Å². The third-order valence-electron chi connectivity index (χ3n) is 2.72. The second-order valence-corrected chi connectivity index (χ2v) is 7.03. The molecule has 17 heavy (non-hydrogen) atoms. The van der Waals surface area contributed by atoms with Crippen LogP contribution >= 0.6 is 0 Å². The van der Waals surface area contributed by atoms with E-state index in [1.807, 2.05) is 20.8 Å². The zero-order chi connectivity index (χ0) is 13.5. The third kappa shape index (κ3) is 8.57. The Morgan fingerprint density at radius 1 is 1.12 bits per heavy atom. The minimum Gasteiger partial charge on any atom is -0.314 e. The molecule has 0 aliphatic heterocycles. The van der Waals surface area contributed by atoms with Crippen LogP contribution in [0, 0.1) is 5.92 Å². The van der Waals surface area contributed by atoms with E-state index in [4.69, 9.17) is 0 Å². The Morgan fingerprint density at radius 2 is 1.71 bits per heavy atom. The Balaban J connectivity index is 4.03. The molecule has 104 valence electrons. The molecule has 0 aliphatic carbocycles. The zero-order valence-electron chi connectivity index (χ0n) is 11.8. The molecule has 0 spiro atoms. The topological polar surface area (TPSA) is 58.2 Å². The molecule has 0 heterocycles. The molecule has 5 heteroatoms. The standard InChI is InChI=1S/C12H28N2O2S/c1-6-12(10(2)3)14-17(15,16)9-7-8-13-11(4)5/h10-14H,6-9H2,1-5H3. The van der Waals surface area contributed by atoms with E-state index in [2.05, 4.69) is 23.9 Å². The molecule has 0 fully saturated rings. The molecule has 1 atom stereocenters. The van der Waals surface area contributed by atoms with E-state index < -0.39 is 10.0 Å². The van der Waals surface area contributed by atoms with Crippen molar-refractivity contribution in [3.05, 3.63) is 0 Å². The molecular formula is C12H28N2O2S. The summed E-state index contributed by atoms with van der Waals surface area (Å²) in [6.45, 7) is 10.9. The van der Waals surface area contributed by atoms with E-state index in [-0.39, 0.29) is 11.8 Å². The highest BCUT2D eigenvalue weighted by molar-refractivity contribution is 7.89. The minimum absolute atomic E-state index is 0.0538. The van der Waals surface area contributed by atoms with Gasteiger partial charge in [0.05, 0.1) is 5.75 Å². The molecule has 0 aromatic carbocycles. The first-order valence-electron chi connectivity index (χ1n) is 6.52. The van der Waals surface area contributed by atoms with Crippen LogP contribution in [-0.4, -0.2) is 32.8 Å². The number of nitrogens with one attached hydrogen (secondary N) is 2. The van der Waals surface area contributed by atoms with Crippen LogP contribution in [0.4, 0.5) is 0 Å². The molecule has 0 saturated heterocycles. The van der Waals surface area contributed by atoms with Gasteiger partial charge in [-0.1, -0.05) is 34.6 Å². The SMILES string of the molecule is CCC(NS(=O)(=O)CCCNC(C)C)C(C)C. The molecular weight excluding hydrogens is 236 g/mol. The van der Waals surface area contributed by atoms with Crippen molar-refractivity contribution in [3.63, 3.8) is 0 Å². The molecule has 0 saturated carbocycles. The smallest absolute Gasteiger partial charge is 0.211 e. The van der Waals surface area contributed by atoms with E-state index in [0.717, 1.165) is 13.0 Å². The van der Waals surface area contributed by atoms with Gasteiger partial charge < -0.3 is 5.32 Å². The van der Waals surface area contributed by atoms with Gasteiger partial charge in [-0.25, -0.2) is 13.1 Å². The Bertz CT molecular complexity index is 287. The summed E-state index contributed by atoms with van der Waals surface area (Å²) < 4.78 is 26.4. The second-order valence-electron chi connectivity index (χ2n) is 5.16. The molecule has 0 aliphatic rings. The molecule has 0 amide bonds. The summed E-state index contributed by atoms with van der Waals surface area (Å²) in [4.78, 5) is 0. The monoisotopic (exact) mass is 264 g/mol. The van der Waals surface area contributed by atoms with Crippen LogP contribution in [-0.2, 0) is 10.0 Å². The first kappa shape index (κ1) is 16.9. The number of hydrogen-bond donors (Lipinski definition) is 2. The number of rotatable bonds is 9. The molecule has 4 nitrogen and oxygen atoms in total. The van der Waals surface area contributed by atoms with Gasteiger partial charge in [-0.05, 0) is 25.3 Å². The van der Waals surface area contributed by atoms with Crippen LogP contribution in [0.3, 0.4) is 0 Å². The summed E-state index contributed by atoms with van der Waals surface area (Å²) in [5.41, 5.74) is 0. The lowest BCUT2D eigenvalue weighted by atomic mass is 10.0. The zero-order valence-corrected chi connectivity index (χ0v) is 12.6. The maximum Gasteiger partial charge on any atom is 0.211 e. The third-order valence-corrected chi connectivity index (χ3v) is 4.21. The highest BCUT2D eigenvalue weighted by Gasteiger charge is 2.18. The van der Waals surface area contributed by atoms with Gasteiger partial charge in [0.2, 0.25) is 10.0 Å². The van der Waals surface area contributed by atoms with Gasteiger partial charge in [0.25, 0.3) is 0 Å². The van der Waals surface area contributed by atoms with Gasteiger partial charge in [0, 0.05) is 12.1 Å². The Morgan fingerprint density at radius 3 is 2.12 bits per heavy atom. The Hall–Kier alpha value is -0.130. The van der Waals surface area contributed by atoms with Crippen LogP contribution in [0.25, 0.3) is 0 Å². The summed E-state index contributed by atoms with van der Waals surface area (Å²) in [6, 6.07) is 0.461. The summed E-state index contributed by atoms with van der Waals surface area (Å²) in [5.74, 6) is 0.541. The van der Waals surface area contributed by atoms with Crippen molar-refractivity contribution in [2.45, 2.75) is 59.5 Å². The van der Waals surface area contributed by atoms with E-state index in [0.29, 0.717) is 18.4 Å². The number of hydrogen-bond acceptors (Lipinski definition) is 3. The lowest BCUT2D eigenvalue weighted by Gasteiger charge is -2.20. The Kier molecular flexibility index (Phi) is 8.00. The molecule has 0 rings (SSSR count). The van der Waals surface area contributed by atoms with E-state index in [1.165, 1.54) is 0 Å². The molecule has 0 bridgehead atoms. The molecule has 0 radical (unpaired) electrons. The average Bonchev–Trinajstić information content (AvgIpc) is 2.20. The van der Waals surface area contributed by atoms with Crippen LogP contribution in [0.5, 0.6) is 0 Å². The fourth-order valence-corrected chi connectivity index (χ4v) is 3.18. The highest BCUT2D eigenvalue weighted by atomic mass is 32.2. The van der Waals surface area contributed by atoms with Gasteiger partial charge in [0.1, 0.15) is 0 Å². The molecule has 2 N–H and O–H groups in total. The van der Waals surface area contributed by atoms with Crippen LogP contribution in [0.15, 0.2) is 0 Å². The normalized spacial score (nSPS) is 14.5. The summed E-state index contributed by atoms with van der Waals surface area (Å²) in [5, 5.41) is 3.22. The first-order chi connectivity index (χ1) is 7.78. The van der Waals surface area contributed by atoms with Crippen LogP contribution < -0.4 is 10.0 Å². The molecule has 0 aromatic heterocycles. The lowest BCUT2D eigenvalue weighted by Crippen LogP contribution is -2.39. The Labute approximate surface area is 107 Å². The van der Waals surface area contributed by atoms with Crippen molar-refractivity contribution in [1.82, 2.24) is 10.0 Å². The maximum atomic E-state index is 11.8. The minimum atomic E-state index is -3.13.